The Hall–Kier alpha value is -0.520. The lowest BCUT2D eigenvalue weighted by Gasteiger charge is -2.39. The summed E-state index contributed by atoms with van der Waals surface area (Å²) in [6.45, 7) is 10.8. The SMILES string of the molecule is C#CCN1CCNC(C(C)(C)C)C1. The van der Waals surface area contributed by atoms with E-state index in [0.29, 0.717) is 11.5 Å². The van der Waals surface area contributed by atoms with Crippen LogP contribution in [0.15, 0.2) is 0 Å². The first-order valence-electron chi connectivity index (χ1n) is 4.93. The van der Waals surface area contributed by atoms with Crippen molar-refractivity contribution in [3.63, 3.8) is 0 Å². The molecule has 74 valence electrons. The van der Waals surface area contributed by atoms with Gasteiger partial charge in [0, 0.05) is 25.7 Å². The maximum Gasteiger partial charge on any atom is 0.0599 e. The number of nitrogens with one attached hydrogen (secondary N) is 1. The summed E-state index contributed by atoms with van der Waals surface area (Å²) in [7, 11) is 0. The van der Waals surface area contributed by atoms with Gasteiger partial charge in [-0.2, -0.15) is 0 Å². The maximum atomic E-state index is 5.30. The average molecular weight is 180 g/mol. The molecule has 0 spiro atoms. The van der Waals surface area contributed by atoms with Crippen molar-refractivity contribution in [1.82, 2.24) is 10.2 Å². The molecule has 1 saturated heterocycles. The Labute approximate surface area is 81.7 Å². The molecule has 1 N–H and O–H groups in total. The minimum absolute atomic E-state index is 0.327. The first kappa shape index (κ1) is 10.6. The summed E-state index contributed by atoms with van der Waals surface area (Å²) in [6, 6.07) is 0.564. The molecule has 0 amide bonds. The topological polar surface area (TPSA) is 15.3 Å². The van der Waals surface area contributed by atoms with E-state index < -0.39 is 0 Å². The largest absolute Gasteiger partial charge is 0.311 e. The van der Waals surface area contributed by atoms with Crippen LogP contribution < -0.4 is 5.32 Å². The lowest BCUT2D eigenvalue weighted by molar-refractivity contribution is 0.146. The van der Waals surface area contributed by atoms with Crippen LogP contribution in [0.2, 0.25) is 0 Å². The number of terminal acetylenes is 1. The molecule has 0 aliphatic carbocycles. The molecular weight excluding hydrogens is 160 g/mol. The molecule has 1 atom stereocenters. The van der Waals surface area contributed by atoms with Crippen LogP contribution in [0.5, 0.6) is 0 Å². The Bertz CT molecular complexity index is 197. The van der Waals surface area contributed by atoms with Gasteiger partial charge in [-0.15, -0.1) is 6.42 Å². The van der Waals surface area contributed by atoms with E-state index in [-0.39, 0.29) is 0 Å². The van der Waals surface area contributed by atoms with Gasteiger partial charge in [-0.05, 0) is 5.41 Å². The van der Waals surface area contributed by atoms with Gasteiger partial charge in [0.1, 0.15) is 0 Å². The fourth-order valence-corrected chi connectivity index (χ4v) is 1.66. The monoisotopic (exact) mass is 180 g/mol. The molecule has 0 aromatic heterocycles. The lowest BCUT2D eigenvalue weighted by Crippen LogP contribution is -2.55. The van der Waals surface area contributed by atoms with Crippen LogP contribution in [-0.4, -0.2) is 37.1 Å². The van der Waals surface area contributed by atoms with Gasteiger partial charge in [0.25, 0.3) is 0 Å². The molecule has 0 bridgehead atoms. The highest BCUT2D eigenvalue weighted by Crippen LogP contribution is 2.21. The minimum atomic E-state index is 0.327. The highest BCUT2D eigenvalue weighted by atomic mass is 15.2. The van der Waals surface area contributed by atoms with Gasteiger partial charge in [0.2, 0.25) is 0 Å². The number of rotatable bonds is 1. The second kappa shape index (κ2) is 4.13. The number of piperazine rings is 1. The summed E-state index contributed by atoms with van der Waals surface area (Å²) in [4.78, 5) is 2.34. The Morgan fingerprint density at radius 1 is 1.54 bits per heavy atom. The van der Waals surface area contributed by atoms with E-state index in [1.807, 2.05) is 0 Å². The van der Waals surface area contributed by atoms with Gasteiger partial charge in [0.15, 0.2) is 0 Å². The van der Waals surface area contributed by atoms with Gasteiger partial charge in [-0.25, -0.2) is 0 Å². The third-order valence-corrected chi connectivity index (χ3v) is 2.62. The number of nitrogens with zero attached hydrogens (tertiary/aromatic N) is 1. The maximum absolute atomic E-state index is 5.30. The summed E-state index contributed by atoms with van der Waals surface area (Å²) < 4.78 is 0. The first-order valence-corrected chi connectivity index (χ1v) is 4.93. The molecule has 0 aromatic rings. The molecule has 0 aromatic carbocycles. The zero-order valence-corrected chi connectivity index (χ0v) is 8.93. The predicted molar refractivity (Wildman–Crippen MR) is 56.5 cm³/mol. The van der Waals surface area contributed by atoms with Crippen molar-refractivity contribution in [3.05, 3.63) is 0 Å². The molecule has 1 aliphatic rings. The molecule has 1 fully saturated rings. The van der Waals surface area contributed by atoms with Crippen LogP contribution in [0.4, 0.5) is 0 Å². The van der Waals surface area contributed by atoms with Crippen molar-refractivity contribution in [1.29, 1.82) is 0 Å². The quantitative estimate of drug-likeness (QED) is 0.604. The van der Waals surface area contributed by atoms with E-state index in [4.69, 9.17) is 6.42 Å². The van der Waals surface area contributed by atoms with Gasteiger partial charge in [-0.3, -0.25) is 4.90 Å². The molecule has 1 rings (SSSR count). The Kier molecular flexibility index (Phi) is 3.35. The first-order chi connectivity index (χ1) is 6.04. The standard InChI is InChI=1S/C11H20N2/c1-5-7-13-8-6-12-10(9-13)11(2,3)4/h1,10,12H,6-9H2,2-4H3. The van der Waals surface area contributed by atoms with Crippen LogP contribution >= 0.6 is 0 Å². The predicted octanol–water partition coefficient (Wildman–Crippen LogP) is 0.939. The second-order valence-corrected chi connectivity index (χ2v) is 4.81. The molecule has 13 heavy (non-hydrogen) atoms. The lowest BCUT2D eigenvalue weighted by atomic mass is 9.85. The van der Waals surface area contributed by atoms with E-state index in [1.54, 1.807) is 0 Å². The van der Waals surface area contributed by atoms with E-state index in [1.165, 1.54) is 0 Å². The Morgan fingerprint density at radius 2 is 2.23 bits per heavy atom. The van der Waals surface area contributed by atoms with Crippen LogP contribution in [0.1, 0.15) is 20.8 Å². The van der Waals surface area contributed by atoms with Crippen molar-refractivity contribution in [3.8, 4) is 12.3 Å². The molecule has 0 saturated carbocycles. The normalized spacial score (nSPS) is 25.5. The fraction of sp³-hybridized carbons (Fsp3) is 0.818. The van der Waals surface area contributed by atoms with Gasteiger partial charge in [0.05, 0.1) is 6.54 Å². The van der Waals surface area contributed by atoms with E-state index >= 15 is 0 Å². The smallest absolute Gasteiger partial charge is 0.0599 e. The van der Waals surface area contributed by atoms with Crippen LogP contribution in [-0.2, 0) is 0 Å². The zero-order valence-electron chi connectivity index (χ0n) is 8.93. The van der Waals surface area contributed by atoms with Crippen molar-refractivity contribution in [2.45, 2.75) is 26.8 Å². The number of hydrogen-bond donors (Lipinski definition) is 1. The molecule has 2 heteroatoms. The van der Waals surface area contributed by atoms with Crippen molar-refractivity contribution < 1.29 is 0 Å². The van der Waals surface area contributed by atoms with Crippen LogP contribution in [0.3, 0.4) is 0 Å². The van der Waals surface area contributed by atoms with Gasteiger partial charge in [-0.1, -0.05) is 26.7 Å². The fourth-order valence-electron chi connectivity index (χ4n) is 1.66. The van der Waals surface area contributed by atoms with E-state index in [2.05, 4.69) is 36.9 Å². The Balaban J connectivity index is 2.48. The molecule has 1 unspecified atom stereocenters. The zero-order chi connectivity index (χ0) is 9.90. The van der Waals surface area contributed by atoms with Gasteiger partial charge >= 0.3 is 0 Å². The summed E-state index contributed by atoms with van der Waals surface area (Å²) in [5, 5.41) is 3.54. The highest BCUT2D eigenvalue weighted by Gasteiger charge is 2.28. The van der Waals surface area contributed by atoms with E-state index in [0.717, 1.165) is 26.2 Å². The molecule has 2 nitrogen and oxygen atoms in total. The molecule has 1 heterocycles. The van der Waals surface area contributed by atoms with Gasteiger partial charge < -0.3 is 5.32 Å². The average Bonchev–Trinajstić information content (AvgIpc) is 2.04. The van der Waals surface area contributed by atoms with Crippen LogP contribution in [0, 0.1) is 17.8 Å². The van der Waals surface area contributed by atoms with Crippen molar-refractivity contribution in [2.24, 2.45) is 5.41 Å². The van der Waals surface area contributed by atoms with E-state index in [9.17, 15) is 0 Å². The number of hydrogen-bond acceptors (Lipinski definition) is 2. The molecular formula is C11H20N2. The van der Waals surface area contributed by atoms with Crippen molar-refractivity contribution in [2.75, 3.05) is 26.2 Å². The molecule has 0 radical (unpaired) electrons. The summed E-state index contributed by atoms with van der Waals surface area (Å²) >= 11 is 0. The summed E-state index contributed by atoms with van der Waals surface area (Å²) in [6.07, 6.45) is 5.30. The summed E-state index contributed by atoms with van der Waals surface area (Å²) in [5.41, 5.74) is 0.327. The third-order valence-electron chi connectivity index (χ3n) is 2.62. The minimum Gasteiger partial charge on any atom is -0.311 e. The highest BCUT2D eigenvalue weighted by molar-refractivity contribution is 4.93. The Morgan fingerprint density at radius 3 is 2.77 bits per heavy atom. The third kappa shape index (κ3) is 3.02. The summed E-state index contributed by atoms with van der Waals surface area (Å²) in [5.74, 6) is 2.71. The van der Waals surface area contributed by atoms with Crippen molar-refractivity contribution >= 4 is 0 Å². The second-order valence-electron chi connectivity index (χ2n) is 4.81. The van der Waals surface area contributed by atoms with Crippen LogP contribution in [0.25, 0.3) is 0 Å². The molecule has 1 aliphatic heterocycles.